The summed E-state index contributed by atoms with van der Waals surface area (Å²) in [6, 6.07) is 41.9. The first-order valence-electron chi connectivity index (χ1n) is 59.0. The van der Waals surface area contributed by atoms with E-state index in [1.54, 1.807) is 56.0 Å². The summed E-state index contributed by atoms with van der Waals surface area (Å²) in [6.45, 7) is 29.9. The van der Waals surface area contributed by atoms with Gasteiger partial charge >= 0.3 is 0 Å². The van der Waals surface area contributed by atoms with Crippen LogP contribution in [0.15, 0.2) is 168 Å². The summed E-state index contributed by atoms with van der Waals surface area (Å²) in [7, 11) is 0. The van der Waals surface area contributed by atoms with E-state index in [9.17, 15) is 8.22 Å². The number of hydrogen-bond donors (Lipinski definition) is 0. The molecule has 8 aliphatic rings. The molecule has 131 heavy (non-hydrogen) atoms. The summed E-state index contributed by atoms with van der Waals surface area (Å²) in [5.41, 5.74) is 6.02. The van der Waals surface area contributed by atoms with Crippen LogP contribution in [0.5, 0.6) is 0 Å². The van der Waals surface area contributed by atoms with Gasteiger partial charge in [0.25, 0.3) is 0 Å². The summed E-state index contributed by atoms with van der Waals surface area (Å²) < 4.78 is 222. The van der Waals surface area contributed by atoms with E-state index in [0.717, 1.165) is 210 Å². The summed E-state index contributed by atoms with van der Waals surface area (Å²) >= 11 is 0. The fraction of sp³-hybridized carbons (Fsp3) is 0.521. The molecule has 0 radical (unpaired) electrons. The highest BCUT2D eigenvalue weighted by Crippen LogP contribution is 2.63. The molecule has 23 rings (SSSR count). The minimum atomic E-state index is -3.10. The lowest BCUT2D eigenvalue weighted by atomic mass is 9.68. The third-order valence-electron chi connectivity index (χ3n) is 31.3. The number of hydrogen-bond acceptors (Lipinski definition) is 14. The van der Waals surface area contributed by atoms with Gasteiger partial charge in [0.1, 0.15) is 5.58 Å². The molecule has 0 bridgehead atoms. The molecule has 14 heterocycles. The summed E-state index contributed by atoms with van der Waals surface area (Å²) in [4.78, 5) is 28.1. The molecule has 690 valence electrons. The van der Waals surface area contributed by atoms with Crippen LogP contribution in [0.2, 0.25) is 0 Å². The largest absolute Gasteiger partial charge is 0.454 e. The first-order valence-corrected chi connectivity index (χ1v) is 48.0. The van der Waals surface area contributed by atoms with Gasteiger partial charge < -0.3 is 46.6 Å². The normalized spacial score (nSPS) is 28.3. The molecule has 9 aromatic heterocycles. The van der Waals surface area contributed by atoms with Crippen molar-refractivity contribution in [3.8, 4) is 0 Å². The Kier molecular flexibility index (Phi) is 16.6. The first kappa shape index (κ1) is 67.2. The van der Waals surface area contributed by atoms with Crippen molar-refractivity contribution in [1.29, 1.82) is 0 Å². The number of benzene rings is 6. The molecule has 5 saturated heterocycles. The molecule has 15 aromatic rings. The van der Waals surface area contributed by atoms with E-state index in [1.165, 1.54) is 33.1 Å². The molecule has 5 atom stereocenters. The first-order chi connectivity index (χ1) is 71.0. The second kappa shape index (κ2) is 32.4. The lowest BCUT2D eigenvalue weighted by molar-refractivity contribution is 0.170. The third-order valence-corrected chi connectivity index (χ3v) is 31.3. The molecular weight excluding hydrogens is 1610 g/mol. The molecule has 3 saturated carbocycles. The number of fused-ring (bicyclic) bond motifs is 15. The number of para-hydroxylation sites is 1. The third kappa shape index (κ3) is 15.0. The smallest absolute Gasteiger partial charge is 0.227 e. The number of nitrogens with zero attached hydrogens (tertiary/aromatic N) is 9. The number of aromatic nitrogens is 4. The van der Waals surface area contributed by atoms with Crippen molar-refractivity contribution in [2.24, 2.45) is 27.1 Å². The van der Waals surface area contributed by atoms with E-state index >= 15 is 0 Å². The van der Waals surface area contributed by atoms with Crippen LogP contribution >= 0.6 is 0 Å². The van der Waals surface area contributed by atoms with Crippen LogP contribution < -0.4 is 24.5 Å². The Morgan fingerprint density at radius 2 is 0.542 bits per heavy atom. The van der Waals surface area contributed by atoms with Gasteiger partial charge in [0.2, 0.25) is 22.9 Å². The highest BCUT2D eigenvalue weighted by molar-refractivity contribution is 6.13. The van der Waals surface area contributed by atoms with Crippen LogP contribution in [-0.4, -0.2) is 77.8 Å². The zero-order chi connectivity index (χ0) is 112. The van der Waals surface area contributed by atoms with Crippen LogP contribution in [0.3, 0.4) is 0 Å². The molecule has 14 nitrogen and oxygen atoms in total. The standard InChI is InChI=1S/C25H32N2O.C25H31NO.C24H30N2O.C22H28N2O.C21H26N2O/c1-16-9-11-19-20-12-10-17(2)26-23(20)28-22(19)21(16)27-18(3)25(15-24(27,4)5)13-7-6-8-14-25;1-17-12-13-20-19-10-6-7-11-21(19)27-23(20)22(17)26-18(2)25(16-24(26,3)4)14-8-5-9-15-25;1-16-10-11-18-19-9-8-14-25-22(19)27-21(18)20(16)26-17(2)24(15-23(26,3)4)12-6-5-7-13-24;1-13-8-10-16-17-11-9-14(2)23-20(17)25-19(16)18(13)24-15(3)21(4,5)12-22(24,6)7;1-13-9-10-15-16-8-7-11-22-19(16)24-18(15)17(13)23-14(2)20(3,4)12-21(23,5)6/h9-12,18H,6-8,13-15H2,1-5H3;6-7,10-13,18H,5,8-9,14-16H2,1-4H3;8-11,14,17H,5-7,12-13,15H2,1-4H3;8-11,15H,12H2,1-7H3;7-11,14H,12H2,1-6H3/i15D2;16D2;15D2;4D3,5D3,12D2;3D3,4D3,12D2. The van der Waals surface area contributed by atoms with E-state index in [2.05, 4.69) is 172 Å². The minimum absolute atomic E-state index is 0.0926. The van der Waals surface area contributed by atoms with Crippen molar-refractivity contribution in [2.75, 3.05) is 24.5 Å². The maximum absolute atomic E-state index is 9.34. The summed E-state index contributed by atoms with van der Waals surface area (Å²) in [5.74, 6) is 0. The monoisotopic (exact) mass is 1780 g/mol. The van der Waals surface area contributed by atoms with Crippen LogP contribution in [0, 0.1) is 75.5 Å². The van der Waals surface area contributed by atoms with Crippen molar-refractivity contribution >= 4 is 139 Å². The zero-order valence-electron chi connectivity index (χ0n) is 103. The molecule has 0 N–H and O–H groups in total. The minimum Gasteiger partial charge on any atom is -0.454 e. The van der Waals surface area contributed by atoms with Gasteiger partial charge in [0.05, 0.1) is 28.4 Å². The molecule has 5 unspecified atom stereocenters. The highest BCUT2D eigenvalue weighted by Gasteiger charge is 2.59. The van der Waals surface area contributed by atoms with E-state index < -0.39 is 110 Å². The van der Waals surface area contributed by atoms with E-state index in [4.69, 9.17) is 44.0 Å². The zero-order valence-corrected chi connectivity index (χ0v) is 80.9. The number of rotatable bonds is 5. The number of anilines is 5. The second-order valence-electron chi connectivity index (χ2n) is 42.3. The van der Waals surface area contributed by atoms with E-state index in [-0.39, 0.29) is 34.4 Å². The molecule has 14 heteroatoms. The van der Waals surface area contributed by atoms with Gasteiger partial charge in [0.15, 0.2) is 27.9 Å². The molecule has 6 aromatic carbocycles. The van der Waals surface area contributed by atoms with Crippen LogP contribution in [0.25, 0.3) is 110 Å². The molecule has 3 aliphatic carbocycles. The van der Waals surface area contributed by atoms with Gasteiger partial charge in [-0.15, -0.1) is 0 Å². The molecule has 0 amide bonds. The lowest BCUT2D eigenvalue weighted by Gasteiger charge is -2.41. The fourth-order valence-electron chi connectivity index (χ4n) is 25.4. The maximum Gasteiger partial charge on any atom is 0.227 e. The maximum atomic E-state index is 9.34. The Morgan fingerprint density at radius 3 is 0.855 bits per heavy atom. The molecule has 3 spiro atoms. The van der Waals surface area contributed by atoms with Crippen molar-refractivity contribution in [2.45, 2.75) is 366 Å². The average Bonchev–Trinajstić information content (AvgIpc) is 1.49. The van der Waals surface area contributed by atoms with Crippen molar-refractivity contribution < 1.29 is 52.2 Å². The molecule has 8 fully saturated rings. The average molecular weight is 1780 g/mol. The summed E-state index contributed by atoms with van der Waals surface area (Å²) in [6.07, 6.45) is 10.4. The molecular formula is C117H147N9O5. The summed E-state index contributed by atoms with van der Waals surface area (Å²) in [5, 5.41) is 9.46. The Balaban J connectivity index is 0.000000120. The predicted octanol–water partition coefficient (Wildman–Crippen LogP) is 32.5. The number of aryl methyl sites for hydroxylation is 7. The lowest BCUT2D eigenvalue weighted by Crippen LogP contribution is -2.44. The number of furan rings is 5. The van der Waals surface area contributed by atoms with E-state index in [1.807, 2.05) is 100 Å². The van der Waals surface area contributed by atoms with Crippen LogP contribution in [0.1, 0.15) is 329 Å². The van der Waals surface area contributed by atoms with Gasteiger partial charge in [-0.25, -0.2) is 19.9 Å². The van der Waals surface area contributed by atoms with Crippen molar-refractivity contribution in [1.82, 2.24) is 19.9 Å². The van der Waals surface area contributed by atoms with Crippen molar-refractivity contribution in [3.63, 3.8) is 0 Å². The van der Waals surface area contributed by atoms with E-state index in [0.29, 0.717) is 45.4 Å². The Bertz CT molecular complexity index is 7730. The van der Waals surface area contributed by atoms with Gasteiger partial charge in [0, 0.05) is 166 Å². The fourth-order valence-corrected chi connectivity index (χ4v) is 25.4. The Morgan fingerprint density at radius 1 is 0.282 bits per heavy atom. The van der Waals surface area contributed by atoms with Gasteiger partial charge in [-0.2, -0.15) is 0 Å². The van der Waals surface area contributed by atoms with Crippen molar-refractivity contribution in [3.05, 3.63) is 185 Å². The van der Waals surface area contributed by atoms with Gasteiger partial charge in [-0.1, -0.05) is 164 Å². The quantitative estimate of drug-likeness (QED) is 0.162. The SMILES string of the molecule is [2H]C([2H])([2H])C1(C([2H])([2H])[2H])C(C)N(c2c(C)ccc3c2oc2nc(C)ccc23)C(C)(C)C1([2H])[2H].[2H]C([2H])([2H])C1(C([2H])([2H])[2H])C(C)N(c2c(C)ccc3c2oc2ncccc23)C(C)(C)C1([2H])[2H].[2H]C1([2H])C2(CCCCC2)C(C)N(c2c(C)ccc3c2oc2ccccc23)C1(C)C.[2H]C1([2H])C2(CCCCC2)C(C)N(c2c(C)ccc3c2oc2nc(C)ccc23)C1(C)C.[2H]C1([2H])C2(CCCCC2)C(C)N(c2c(C)ccc3c2oc2ncccc23)C1(C)C. The van der Waals surface area contributed by atoms with Gasteiger partial charge in [-0.3, -0.25) is 0 Å². The topological polar surface area (TPSA) is 133 Å². The second-order valence-corrected chi connectivity index (χ2v) is 42.3. The molecule has 5 aliphatic heterocycles. The van der Waals surface area contributed by atoms with Crippen LogP contribution in [-0.2, 0) is 0 Å². The Hall–Kier alpha value is -10.1. The predicted molar refractivity (Wildman–Crippen MR) is 550 cm³/mol. The van der Waals surface area contributed by atoms with Crippen LogP contribution in [0.4, 0.5) is 28.4 Å². The number of pyridine rings is 4. The Labute approximate surface area is 809 Å². The highest BCUT2D eigenvalue weighted by atomic mass is 16.4. The van der Waals surface area contributed by atoms with Gasteiger partial charge in [-0.05, 0) is 332 Å².